The number of aromatic nitrogens is 1. The first kappa shape index (κ1) is 25.9. The summed E-state index contributed by atoms with van der Waals surface area (Å²) < 4.78 is 0. The van der Waals surface area contributed by atoms with E-state index in [2.05, 4.69) is 20.9 Å². The summed E-state index contributed by atoms with van der Waals surface area (Å²) in [7, 11) is 2.99. The van der Waals surface area contributed by atoms with Crippen LogP contribution in [0.4, 0.5) is 0 Å². The van der Waals surface area contributed by atoms with Crippen LogP contribution in [-0.2, 0) is 19.2 Å². The number of nitrogens with two attached hydrogens (primary N) is 2. The number of hydrogen-bond donors (Lipinski definition) is 5. The Balaban J connectivity index is 1.88. The third-order valence-electron chi connectivity index (χ3n) is 4.32. The SMILES string of the molecule is CSSc1cc(C(=O)NCC(=O)NCC(=O)N[C@@H](CCC(N)=O)C(N)=O)cc2cccnc12. The van der Waals surface area contributed by atoms with Crippen molar-refractivity contribution in [3.8, 4) is 0 Å². The van der Waals surface area contributed by atoms with Crippen LogP contribution in [0, 0.1) is 0 Å². The third-order valence-corrected chi connectivity index (χ3v) is 6.02. The summed E-state index contributed by atoms with van der Waals surface area (Å²) in [6.45, 7) is -0.797. The molecule has 0 radical (unpaired) electrons. The molecule has 2 rings (SSSR count). The molecule has 7 N–H and O–H groups in total. The molecule has 2 aromatic rings. The van der Waals surface area contributed by atoms with Crippen LogP contribution in [-0.4, -0.2) is 59.9 Å². The number of pyridine rings is 1. The molecule has 0 aliphatic carbocycles. The van der Waals surface area contributed by atoms with Gasteiger partial charge < -0.3 is 27.4 Å². The van der Waals surface area contributed by atoms with Crippen LogP contribution >= 0.6 is 21.6 Å². The largest absolute Gasteiger partial charge is 0.370 e. The van der Waals surface area contributed by atoms with Crippen molar-refractivity contribution in [2.75, 3.05) is 19.3 Å². The van der Waals surface area contributed by atoms with Gasteiger partial charge in [-0.1, -0.05) is 27.7 Å². The summed E-state index contributed by atoms with van der Waals surface area (Å²) in [5.41, 5.74) is 11.4. The van der Waals surface area contributed by atoms with E-state index in [4.69, 9.17) is 11.5 Å². The van der Waals surface area contributed by atoms with Gasteiger partial charge in [0, 0.05) is 28.5 Å². The highest BCUT2D eigenvalue weighted by molar-refractivity contribution is 8.76. The van der Waals surface area contributed by atoms with E-state index in [1.807, 2.05) is 12.3 Å². The standard InChI is InChI=1S/C20H24N6O5S2/c1-32-33-14-8-12(7-11-3-2-6-23-18(11)14)20(31)25-9-16(28)24-10-17(29)26-13(19(22)30)4-5-15(21)27/h2-3,6-8,13H,4-5,9-10H2,1H3,(H2,21,27)(H2,22,30)(H,24,28)(H,25,31)(H,26,29)/t13-/m0/s1. The van der Waals surface area contributed by atoms with Gasteiger partial charge in [0.15, 0.2) is 0 Å². The fourth-order valence-corrected chi connectivity index (χ4v) is 4.29. The summed E-state index contributed by atoms with van der Waals surface area (Å²) >= 11 is 0. The monoisotopic (exact) mass is 492 g/mol. The highest BCUT2D eigenvalue weighted by atomic mass is 33.1. The average Bonchev–Trinajstić information content (AvgIpc) is 2.78. The summed E-state index contributed by atoms with van der Waals surface area (Å²) in [4.78, 5) is 63.9. The fraction of sp³-hybridized carbons (Fsp3) is 0.300. The Morgan fingerprint density at radius 3 is 2.45 bits per heavy atom. The van der Waals surface area contributed by atoms with E-state index >= 15 is 0 Å². The topological polar surface area (TPSA) is 186 Å². The molecular weight excluding hydrogens is 468 g/mol. The van der Waals surface area contributed by atoms with Crippen molar-refractivity contribution >= 4 is 62.0 Å². The Labute approximate surface area is 197 Å². The molecule has 33 heavy (non-hydrogen) atoms. The molecule has 1 atom stereocenters. The molecule has 0 aliphatic heterocycles. The van der Waals surface area contributed by atoms with Crippen LogP contribution in [0.5, 0.6) is 0 Å². The Kier molecular flexibility index (Phi) is 9.94. The maximum Gasteiger partial charge on any atom is 0.251 e. The van der Waals surface area contributed by atoms with E-state index in [0.717, 1.165) is 15.8 Å². The average molecular weight is 493 g/mol. The molecule has 1 aromatic heterocycles. The number of nitrogens with zero attached hydrogens (tertiary/aromatic N) is 1. The van der Waals surface area contributed by atoms with Crippen LogP contribution in [0.2, 0.25) is 0 Å². The highest BCUT2D eigenvalue weighted by Crippen LogP contribution is 2.34. The lowest BCUT2D eigenvalue weighted by atomic mass is 10.1. The Hall–Kier alpha value is -3.32. The van der Waals surface area contributed by atoms with Crippen molar-refractivity contribution in [1.82, 2.24) is 20.9 Å². The summed E-state index contributed by atoms with van der Waals surface area (Å²) in [5.74, 6) is -3.20. The molecule has 0 saturated heterocycles. The lowest BCUT2D eigenvalue weighted by Gasteiger charge is -2.15. The number of primary amides is 2. The molecule has 176 valence electrons. The van der Waals surface area contributed by atoms with Crippen LogP contribution in [0.3, 0.4) is 0 Å². The number of hydrogen-bond acceptors (Lipinski definition) is 8. The first-order chi connectivity index (χ1) is 15.7. The second kappa shape index (κ2) is 12.6. The predicted molar refractivity (Wildman–Crippen MR) is 126 cm³/mol. The van der Waals surface area contributed by atoms with Crippen molar-refractivity contribution in [2.45, 2.75) is 23.8 Å². The van der Waals surface area contributed by atoms with Crippen LogP contribution in [0.1, 0.15) is 23.2 Å². The van der Waals surface area contributed by atoms with Gasteiger partial charge in [0.1, 0.15) is 6.04 Å². The van der Waals surface area contributed by atoms with Crippen LogP contribution in [0.15, 0.2) is 35.4 Å². The number of fused-ring (bicyclic) bond motifs is 1. The zero-order valence-electron chi connectivity index (χ0n) is 17.8. The van der Waals surface area contributed by atoms with Gasteiger partial charge >= 0.3 is 0 Å². The number of carbonyl (C=O) groups is 5. The zero-order valence-corrected chi connectivity index (χ0v) is 19.4. The Bertz CT molecular complexity index is 1060. The minimum Gasteiger partial charge on any atom is -0.370 e. The molecule has 0 spiro atoms. The quantitative estimate of drug-likeness (QED) is 0.249. The van der Waals surface area contributed by atoms with Gasteiger partial charge in [0.05, 0.1) is 18.6 Å². The van der Waals surface area contributed by atoms with Crippen molar-refractivity contribution in [1.29, 1.82) is 0 Å². The smallest absolute Gasteiger partial charge is 0.251 e. The summed E-state index contributed by atoms with van der Waals surface area (Å²) in [6.07, 6.45) is 3.42. The van der Waals surface area contributed by atoms with E-state index in [1.54, 1.807) is 24.4 Å². The minimum absolute atomic E-state index is 0.0432. The van der Waals surface area contributed by atoms with Gasteiger partial charge in [-0.15, -0.1) is 0 Å². The van der Waals surface area contributed by atoms with Crippen LogP contribution < -0.4 is 27.4 Å². The lowest BCUT2D eigenvalue weighted by molar-refractivity contribution is -0.128. The summed E-state index contributed by atoms with van der Waals surface area (Å²) in [6, 6.07) is 5.92. The zero-order chi connectivity index (χ0) is 24.4. The number of nitrogens with one attached hydrogen (secondary N) is 3. The van der Waals surface area contributed by atoms with Crippen molar-refractivity contribution in [3.05, 3.63) is 36.0 Å². The highest BCUT2D eigenvalue weighted by Gasteiger charge is 2.19. The van der Waals surface area contributed by atoms with E-state index in [1.165, 1.54) is 21.6 Å². The van der Waals surface area contributed by atoms with Gasteiger partial charge in [0.25, 0.3) is 5.91 Å². The maximum absolute atomic E-state index is 12.5. The molecule has 0 bridgehead atoms. The third kappa shape index (κ3) is 8.27. The van der Waals surface area contributed by atoms with Crippen LogP contribution in [0.25, 0.3) is 10.9 Å². The van der Waals surface area contributed by atoms with Gasteiger partial charge in [-0.2, -0.15) is 0 Å². The first-order valence-corrected chi connectivity index (χ1v) is 12.3. The van der Waals surface area contributed by atoms with Crippen molar-refractivity contribution in [3.63, 3.8) is 0 Å². The van der Waals surface area contributed by atoms with E-state index in [0.29, 0.717) is 5.56 Å². The number of carbonyl (C=O) groups excluding carboxylic acids is 5. The maximum atomic E-state index is 12.5. The molecule has 11 nitrogen and oxygen atoms in total. The second-order valence-corrected chi connectivity index (χ2v) is 9.23. The van der Waals surface area contributed by atoms with Gasteiger partial charge in [-0.3, -0.25) is 29.0 Å². The normalized spacial score (nSPS) is 11.4. The predicted octanol–water partition coefficient (Wildman–Crippen LogP) is -0.313. The van der Waals surface area contributed by atoms with Crippen molar-refractivity contribution < 1.29 is 24.0 Å². The second-order valence-electron chi connectivity index (χ2n) is 6.79. The fourth-order valence-electron chi connectivity index (χ4n) is 2.76. The van der Waals surface area contributed by atoms with Crippen molar-refractivity contribution in [2.24, 2.45) is 11.5 Å². The van der Waals surface area contributed by atoms with Gasteiger partial charge in [-0.25, -0.2) is 0 Å². The summed E-state index contributed by atoms with van der Waals surface area (Å²) in [5, 5.41) is 7.95. The molecule has 0 unspecified atom stereocenters. The molecule has 5 amide bonds. The first-order valence-electron chi connectivity index (χ1n) is 9.72. The Morgan fingerprint density at radius 1 is 1.06 bits per heavy atom. The molecule has 0 aliphatic rings. The van der Waals surface area contributed by atoms with Gasteiger partial charge in [0.2, 0.25) is 23.6 Å². The molecule has 0 fully saturated rings. The number of benzene rings is 1. The van der Waals surface area contributed by atoms with E-state index in [9.17, 15) is 24.0 Å². The Morgan fingerprint density at radius 2 is 1.79 bits per heavy atom. The molecular formula is C20H24N6O5S2. The van der Waals surface area contributed by atoms with E-state index in [-0.39, 0.29) is 19.4 Å². The number of amides is 5. The molecule has 1 heterocycles. The molecule has 0 saturated carbocycles. The molecule has 1 aromatic carbocycles. The van der Waals surface area contributed by atoms with Gasteiger partial charge in [-0.05, 0) is 30.9 Å². The number of rotatable bonds is 12. The lowest BCUT2D eigenvalue weighted by Crippen LogP contribution is -2.49. The minimum atomic E-state index is -1.09. The van der Waals surface area contributed by atoms with E-state index < -0.39 is 42.1 Å². The molecule has 13 heteroatoms.